The predicted molar refractivity (Wildman–Crippen MR) is 147 cm³/mol. The number of carbonyl (C=O) groups excluding carboxylic acids is 1. The van der Waals surface area contributed by atoms with Crippen LogP contribution in [0, 0.1) is 5.92 Å². The average molecular weight is 553 g/mol. The van der Waals surface area contributed by atoms with Gasteiger partial charge in [0.2, 0.25) is 10.0 Å². The highest BCUT2D eigenvalue weighted by Gasteiger charge is 2.29. The van der Waals surface area contributed by atoms with E-state index < -0.39 is 10.0 Å². The van der Waals surface area contributed by atoms with Crippen molar-refractivity contribution in [3.63, 3.8) is 0 Å². The molecule has 1 aromatic heterocycles. The van der Waals surface area contributed by atoms with E-state index in [1.165, 1.54) is 23.5 Å². The van der Waals surface area contributed by atoms with Crippen molar-refractivity contribution in [2.45, 2.75) is 24.7 Å². The number of likely N-dealkylation sites (N-methyl/N-ethyl adjacent to an activating group) is 1. The number of thiazole rings is 1. The van der Waals surface area contributed by atoms with Crippen LogP contribution in [0.1, 0.15) is 30.1 Å². The van der Waals surface area contributed by atoms with Gasteiger partial charge < -0.3 is 9.64 Å². The highest BCUT2D eigenvalue weighted by molar-refractivity contribution is 7.89. The molecule has 0 aliphatic carbocycles. The van der Waals surface area contributed by atoms with E-state index in [4.69, 9.17) is 9.72 Å². The molecule has 1 aliphatic rings. The van der Waals surface area contributed by atoms with Crippen molar-refractivity contribution in [3.05, 3.63) is 48.0 Å². The smallest absolute Gasteiger partial charge is 0.260 e. The standard InChI is InChI=1S/C25H32N4O4S2.ClH/c1-18-12-14-28(15-13-18)35(31,32)20-10-8-19(9-11-20)24(30)29(17-16-27(2)3)25-26-23-21(33-4)6-5-7-22(23)34-25;/h5-11,18H,12-17H2,1-4H3;1H. The Kier molecular flexibility index (Phi) is 9.34. The van der Waals surface area contributed by atoms with E-state index in [1.54, 1.807) is 28.4 Å². The minimum atomic E-state index is -3.57. The molecular formula is C25H33ClN4O4S2. The summed E-state index contributed by atoms with van der Waals surface area (Å²) in [6.45, 7) is 4.31. The first-order valence-electron chi connectivity index (χ1n) is 11.7. The molecule has 0 bridgehead atoms. The van der Waals surface area contributed by atoms with Crippen molar-refractivity contribution in [1.82, 2.24) is 14.2 Å². The Morgan fingerprint density at radius 2 is 1.78 bits per heavy atom. The van der Waals surface area contributed by atoms with Crippen LogP contribution in [0.5, 0.6) is 5.75 Å². The molecule has 2 heterocycles. The maximum Gasteiger partial charge on any atom is 0.260 e. The highest BCUT2D eigenvalue weighted by Crippen LogP contribution is 2.34. The minimum absolute atomic E-state index is 0. The Hall–Kier alpha value is -2.24. The molecule has 1 fully saturated rings. The van der Waals surface area contributed by atoms with Crippen molar-refractivity contribution in [3.8, 4) is 5.75 Å². The lowest BCUT2D eigenvalue weighted by molar-refractivity contribution is 0.0985. The molecule has 0 N–H and O–H groups in total. The van der Waals surface area contributed by atoms with Gasteiger partial charge in [-0.2, -0.15) is 4.31 Å². The molecule has 0 saturated carbocycles. The van der Waals surface area contributed by atoms with Crippen LogP contribution in [0.3, 0.4) is 0 Å². The number of ether oxygens (including phenoxy) is 1. The number of piperidine rings is 1. The second-order valence-corrected chi connectivity index (χ2v) is 12.1. The van der Waals surface area contributed by atoms with Crippen molar-refractivity contribution in [2.75, 3.05) is 52.3 Å². The molecule has 0 unspecified atom stereocenters. The summed E-state index contributed by atoms with van der Waals surface area (Å²) in [5.74, 6) is 0.976. The number of para-hydroxylation sites is 1. The Morgan fingerprint density at radius 1 is 1.11 bits per heavy atom. The van der Waals surface area contributed by atoms with Gasteiger partial charge in [0.25, 0.3) is 5.91 Å². The van der Waals surface area contributed by atoms with Gasteiger partial charge in [-0.05, 0) is 69.3 Å². The van der Waals surface area contributed by atoms with Crippen LogP contribution in [-0.4, -0.2) is 75.9 Å². The summed E-state index contributed by atoms with van der Waals surface area (Å²) in [6.07, 6.45) is 1.73. The van der Waals surface area contributed by atoms with Crippen molar-refractivity contribution in [1.29, 1.82) is 0 Å². The molecule has 3 aromatic rings. The largest absolute Gasteiger partial charge is 0.494 e. The first-order chi connectivity index (χ1) is 16.7. The van der Waals surface area contributed by atoms with Gasteiger partial charge in [0.1, 0.15) is 11.3 Å². The quantitative estimate of drug-likeness (QED) is 0.413. The van der Waals surface area contributed by atoms with Crippen LogP contribution in [0.4, 0.5) is 5.13 Å². The number of nitrogens with zero attached hydrogens (tertiary/aromatic N) is 4. The molecule has 0 spiro atoms. The third kappa shape index (κ3) is 6.00. The number of hydrogen-bond donors (Lipinski definition) is 0. The van der Waals surface area contributed by atoms with E-state index in [9.17, 15) is 13.2 Å². The number of anilines is 1. The zero-order valence-corrected chi connectivity index (χ0v) is 23.5. The first kappa shape index (κ1) is 28.3. The van der Waals surface area contributed by atoms with Gasteiger partial charge in [0.05, 0.1) is 16.7 Å². The fourth-order valence-electron chi connectivity index (χ4n) is 4.08. The molecular weight excluding hydrogens is 520 g/mol. The lowest BCUT2D eigenvalue weighted by atomic mass is 10.0. The van der Waals surface area contributed by atoms with Gasteiger partial charge >= 0.3 is 0 Å². The summed E-state index contributed by atoms with van der Waals surface area (Å²) >= 11 is 1.43. The second kappa shape index (κ2) is 11.9. The molecule has 1 amide bonds. The van der Waals surface area contributed by atoms with E-state index in [0.717, 1.165) is 23.1 Å². The summed E-state index contributed by atoms with van der Waals surface area (Å²) in [5, 5.41) is 0.579. The Bertz CT molecular complexity index is 1290. The van der Waals surface area contributed by atoms with Crippen molar-refractivity contribution < 1.29 is 17.9 Å². The molecule has 36 heavy (non-hydrogen) atoms. The molecule has 0 atom stereocenters. The first-order valence-corrected chi connectivity index (χ1v) is 14.0. The summed E-state index contributed by atoms with van der Waals surface area (Å²) in [6, 6.07) is 12.0. The maximum absolute atomic E-state index is 13.6. The summed E-state index contributed by atoms with van der Waals surface area (Å²) in [7, 11) is 1.93. The van der Waals surface area contributed by atoms with E-state index in [2.05, 4.69) is 6.92 Å². The number of carbonyl (C=O) groups is 1. The predicted octanol–water partition coefficient (Wildman–Crippen LogP) is 4.36. The molecule has 1 saturated heterocycles. The van der Waals surface area contributed by atoms with Gasteiger partial charge in [-0.1, -0.05) is 24.3 Å². The number of methoxy groups -OCH3 is 1. The molecule has 0 radical (unpaired) electrons. The molecule has 1 aliphatic heterocycles. The van der Waals surface area contributed by atoms with Crippen LogP contribution < -0.4 is 9.64 Å². The van der Waals surface area contributed by atoms with Gasteiger partial charge in [-0.15, -0.1) is 12.4 Å². The molecule has 196 valence electrons. The zero-order valence-electron chi connectivity index (χ0n) is 21.0. The number of halogens is 1. The third-order valence-corrected chi connectivity index (χ3v) is 9.28. The van der Waals surface area contributed by atoms with Gasteiger partial charge in [0.15, 0.2) is 5.13 Å². The average Bonchev–Trinajstić information content (AvgIpc) is 3.28. The summed E-state index contributed by atoms with van der Waals surface area (Å²) in [4.78, 5) is 22.2. The maximum atomic E-state index is 13.6. The zero-order chi connectivity index (χ0) is 25.2. The number of rotatable bonds is 8. The van der Waals surface area contributed by atoms with E-state index >= 15 is 0 Å². The topological polar surface area (TPSA) is 83.0 Å². The van der Waals surface area contributed by atoms with Gasteiger partial charge in [-0.25, -0.2) is 13.4 Å². The second-order valence-electron chi connectivity index (χ2n) is 9.17. The van der Waals surface area contributed by atoms with Crippen LogP contribution in [0.15, 0.2) is 47.4 Å². The summed E-state index contributed by atoms with van der Waals surface area (Å²) < 4.78 is 34.1. The molecule has 2 aromatic carbocycles. The molecule has 8 nitrogen and oxygen atoms in total. The molecule has 4 rings (SSSR count). The fraction of sp³-hybridized carbons (Fsp3) is 0.440. The lowest BCUT2D eigenvalue weighted by Gasteiger charge is -2.29. The number of benzene rings is 2. The van der Waals surface area contributed by atoms with Crippen LogP contribution in [0.2, 0.25) is 0 Å². The summed E-state index contributed by atoms with van der Waals surface area (Å²) in [5.41, 5.74) is 1.14. The highest BCUT2D eigenvalue weighted by atomic mass is 35.5. The van der Waals surface area contributed by atoms with E-state index in [1.807, 2.05) is 37.2 Å². The van der Waals surface area contributed by atoms with Crippen molar-refractivity contribution in [2.24, 2.45) is 5.92 Å². The minimum Gasteiger partial charge on any atom is -0.494 e. The number of amides is 1. The number of aromatic nitrogens is 1. The van der Waals surface area contributed by atoms with Crippen LogP contribution in [-0.2, 0) is 10.0 Å². The van der Waals surface area contributed by atoms with E-state index in [-0.39, 0.29) is 23.2 Å². The van der Waals surface area contributed by atoms with Crippen molar-refractivity contribution >= 4 is 55.0 Å². The normalized spacial score (nSPS) is 15.1. The molecule has 11 heteroatoms. The Balaban J connectivity index is 0.00000361. The third-order valence-electron chi connectivity index (χ3n) is 6.32. The lowest BCUT2D eigenvalue weighted by Crippen LogP contribution is -2.38. The Morgan fingerprint density at radius 3 is 2.39 bits per heavy atom. The fourth-order valence-corrected chi connectivity index (χ4v) is 6.55. The number of fused-ring (bicyclic) bond motifs is 1. The Labute approximate surface area is 223 Å². The monoisotopic (exact) mass is 552 g/mol. The van der Waals surface area contributed by atoms with Gasteiger partial charge in [0, 0.05) is 31.7 Å². The van der Waals surface area contributed by atoms with E-state index in [0.29, 0.717) is 48.5 Å². The van der Waals surface area contributed by atoms with Crippen LogP contribution in [0.25, 0.3) is 10.2 Å². The van der Waals surface area contributed by atoms with Crippen LogP contribution >= 0.6 is 23.7 Å². The number of sulfonamides is 1. The number of hydrogen-bond acceptors (Lipinski definition) is 7. The van der Waals surface area contributed by atoms with Gasteiger partial charge in [-0.3, -0.25) is 9.69 Å². The SMILES string of the molecule is COc1cccc2sc(N(CCN(C)C)C(=O)c3ccc(S(=O)(=O)N4CCC(C)CC4)cc3)nc12.Cl.